The maximum atomic E-state index is 12.6. The number of likely N-dealkylation sites (tertiary alicyclic amines) is 1. The molecule has 2 aromatic rings. The largest absolute Gasteiger partial charge is 0.339 e. The second-order valence-electron chi connectivity index (χ2n) is 6.70. The lowest BCUT2D eigenvalue weighted by atomic mass is 10.2. The van der Waals surface area contributed by atoms with Crippen molar-refractivity contribution in [3.05, 3.63) is 36.7 Å². The summed E-state index contributed by atoms with van der Waals surface area (Å²) < 4.78 is 1.64. The Balaban J connectivity index is 1.34. The summed E-state index contributed by atoms with van der Waals surface area (Å²) in [5.74, 6) is 0.788. The zero-order valence-electron chi connectivity index (χ0n) is 14.3. The van der Waals surface area contributed by atoms with Crippen molar-refractivity contribution in [2.24, 2.45) is 0 Å². The lowest BCUT2D eigenvalue weighted by molar-refractivity contribution is -0.131. The van der Waals surface area contributed by atoms with Gasteiger partial charge in [0.15, 0.2) is 5.82 Å². The SMILES string of the molecule is O=C(Cn1cnc(-c2ccccc2)n1)N1CCC(N2CCNCC2)C1. The van der Waals surface area contributed by atoms with Gasteiger partial charge in [-0.1, -0.05) is 30.3 Å². The number of nitrogens with zero attached hydrogens (tertiary/aromatic N) is 5. The van der Waals surface area contributed by atoms with Crippen LogP contribution >= 0.6 is 0 Å². The first-order valence-corrected chi connectivity index (χ1v) is 8.97. The standard InChI is InChI=1S/C18H24N6O/c25-17(23-9-6-16(12-23)22-10-7-19-8-11-22)13-24-14-20-18(21-24)15-4-2-1-3-5-15/h1-5,14,16,19H,6-13H2. The summed E-state index contributed by atoms with van der Waals surface area (Å²) in [4.78, 5) is 21.4. The minimum absolute atomic E-state index is 0.127. The van der Waals surface area contributed by atoms with Gasteiger partial charge in [0.2, 0.25) is 5.91 Å². The zero-order chi connectivity index (χ0) is 17.1. The van der Waals surface area contributed by atoms with E-state index < -0.39 is 0 Å². The van der Waals surface area contributed by atoms with Crippen LogP contribution in [0.25, 0.3) is 11.4 Å². The molecule has 2 fully saturated rings. The summed E-state index contributed by atoms with van der Waals surface area (Å²) in [6, 6.07) is 10.3. The molecule has 2 aliphatic heterocycles. The molecule has 132 valence electrons. The highest BCUT2D eigenvalue weighted by molar-refractivity contribution is 5.76. The molecule has 7 heteroatoms. The van der Waals surface area contributed by atoms with Gasteiger partial charge in [0.1, 0.15) is 12.9 Å². The Kier molecular flexibility index (Phi) is 4.76. The zero-order valence-corrected chi connectivity index (χ0v) is 14.3. The van der Waals surface area contributed by atoms with Crippen molar-refractivity contribution in [2.45, 2.75) is 19.0 Å². The van der Waals surface area contributed by atoms with Gasteiger partial charge in [0.05, 0.1) is 0 Å². The topological polar surface area (TPSA) is 66.3 Å². The highest BCUT2D eigenvalue weighted by atomic mass is 16.2. The van der Waals surface area contributed by atoms with Gasteiger partial charge < -0.3 is 10.2 Å². The molecule has 2 saturated heterocycles. The van der Waals surface area contributed by atoms with E-state index in [-0.39, 0.29) is 12.5 Å². The molecule has 1 amide bonds. The lowest BCUT2D eigenvalue weighted by Crippen LogP contribution is -2.49. The maximum Gasteiger partial charge on any atom is 0.244 e. The van der Waals surface area contributed by atoms with Crippen molar-refractivity contribution in [1.82, 2.24) is 29.9 Å². The predicted molar refractivity (Wildman–Crippen MR) is 94.9 cm³/mol. The third-order valence-electron chi connectivity index (χ3n) is 5.05. The molecule has 0 spiro atoms. The monoisotopic (exact) mass is 340 g/mol. The maximum absolute atomic E-state index is 12.6. The van der Waals surface area contributed by atoms with Crippen molar-refractivity contribution < 1.29 is 4.79 Å². The van der Waals surface area contributed by atoms with Crippen LogP contribution in [0, 0.1) is 0 Å². The predicted octanol–water partition coefficient (Wildman–Crippen LogP) is 0.451. The van der Waals surface area contributed by atoms with E-state index in [1.807, 2.05) is 35.2 Å². The van der Waals surface area contributed by atoms with Crippen LogP contribution in [0.4, 0.5) is 0 Å². The fourth-order valence-electron chi connectivity index (χ4n) is 3.64. The molecule has 3 heterocycles. The first-order valence-electron chi connectivity index (χ1n) is 8.97. The Hall–Kier alpha value is -2.25. The van der Waals surface area contributed by atoms with E-state index >= 15 is 0 Å². The van der Waals surface area contributed by atoms with Gasteiger partial charge >= 0.3 is 0 Å². The number of hydrogen-bond donors (Lipinski definition) is 1. The summed E-state index contributed by atoms with van der Waals surface area (Å²) in [7, 11) is 0. The van der Waals surface area contributed by atoms with E-state index in [4.69, 9.17) is 0 Å². The Bertz CT molecular complexity index is 709. The average molecular weight is 340 g/mol. The fourth-order valence-corrected chi connectivity index (χ4v) is 3.64. The Morgan fingerprint density at radius 2 is 1.96 bits per heavy atom. The van der Waals surface area contributed by atoms with Gasteiger partial charge in [-0.2, -0.15) is 5.10 Å². The second-order valence-corrected chi connectivity index (χ2v) is 6.70. The fraction of sp³-hybridized carbons (Fsp3) is 0.500. The molecule has 1 aromatic heterocycles. The summed E-state index contributed by atoms with van der Waals surface area (Å²) in [6.07, 6.45) is 2.71. The van der Waals surface area contributed by atoms with Crippen molar-refractivity contribution in [3.8, 4) is 11.4 Å². The van der Waals surface area contributed by atoms with Crippen LogP contribution in [0.3, 0.4) is 0 Å². The highest BCUT2D eigenvalue weighted by Crippen LogP contribution is 2.17. The number of amides is 1. The van der Waals surface area contributed by atoms with Gasteiger partial charge in [-0.3, -0.25) is 9.69 Å². The minimum atomic E-state index is 0.127. The van der Waals surface area contributed by atoms with Crippen LogP contribution in [-0.4, -0.2) is 75.8 Å². The van der Waals surface area contributed by atoms with Gasteiger partial charge in [0, 0.05) is 50.9 Å². The smallest absolute Gasteiger partial charge is 0.244 e. The summed E-state index contributed by atoms with van der Waals surface area (Å²) in [6.45, 7) is 6.19. The normalized spacial score (nSPS) is 21.6. The number of nitrogens with one attached hydrogen (secondary N) is 1. The first kappa shape index (κ1) is 16.2. The first-order chi connectivity index (χ1) is 12.3. The van der Waals surface area contributed by atoms with Gasteiger partial charge in [-0.25, -0.2) is 9.67 Å². The molecule has 1 N–H and O–H groups in total. The van der Waals surface area contributed by atoms with Gasteiger partial charge in [0.25, 0.3) is 0 Å². The lowest BCUT2D eigenvalue weighted by Gasteiger charge is -2.32. The number of aromatic nitrogens is 3. The van der Waals surface area contributed by atoms with Crippen LogP contribution in [0.15, 0.2) is 36.7 Å². The van der Waals surface area contributed by atoms with Gasteiger partial charge in [-0.15, -0.1) is 0 Å². The Labute approximate surface area is 147 Å². The molecule has 0 aliphatic carbocycles. The molecule has 0 radical (unpaired) electrons. The number of carbonyl (C=O) groups is 1. The molecule has 7 nitrogen and oxygen atoms in total. The van der Waals surface area contributed by atoms with Crippen LogP contribution < -0.4 is 5.32 Å². The third-order valence-corrected chi connectivity index (χ3v) is 5.05. The average Bonchev–Trinajstić information content (AvgIpc) is 3.33. The van der Waals surface area contributed by atoms with Crippen LogP contribution in [-0.2, 0) is 11.3 Å². The summed E-state index contributed by atoms with van der Waals surface area (Å²) in [5, 5.41) is 7.82. The van der Waals surface area contributed by atoms with Crippen molar-refractivity contribution in [2.75, 3.05) is 39.3 Å². The van der Waals surface area contributed by atoms with Crippen LogP contribution in [0.2, 0.25) is 0 Å². The number of piperazine rings is 1. The van der Waals surface area contributed by atoms with E-state index in [0.717, 1.165) is 51.3 Å². The number of carbonyl (C=O) groups excluding carboxylic acids is 1. The number of benzene rings is 1. The number of hydrogen-bond acceptors (Lipinski definition) is 5. The summed E-state index contributed by atoms with van der Waals surface area (Å²) >= 11 is 0. The molecular formula is C18H24N6O. The molecule has 1 aromatic carbocycles. The van der Waals surface area contributed by atoms with Crippen LogP contribution in [0.5, 0.6) is 0 Å². The third kappa shape index (κ3) is 3.72. The number of rotatable bonds is 4. The van der Waals surface area contributed by atoms with E-state index in [9.17, 15) is 4.79 Å². The molecule has 0 bridgehead atoms. The summed E-state index contributed by atoms with van der Waals surface area (Å²) in [5.41, 5.74) is 0.966. The molecule has 0 saturated carbocycles. The van der Waals surface area contributed by atoms with E-state index in [0.29, 0.717) is 11.9 Å². The minimum Gasteiger partial charge on any atom is -0.339 e. The molecule has 4 rings (SSSR count). The van der Waals surface area contributed by atoms with E-state index in [2.05, 4.69) is 20.3 Å². The van der Waals surface area contributed by atoms with E-state index in [1.165, 1.54) is 0 Å². The van der Waals surface area contributed by atoms with Crippen molar-refractivity contribution in [3.63, 3.8) is 0 Å². The van der Waals surface area contributed by atoms with Crippen molar-refractivity contribution in [1.29, 1.82) is 0 Å². The molecule has 2 aliphatic rings. The molecular weight excluding hydrogens is 316 g/mol. The van der Waals surface area contributed by atoms with Crippen LogP contribution in [0.1, 0.15) is 6.42 Å². The van der Waals surface area contributed by atoms with E-state index in [1.54, 1.807) is 11.0 Å². The highest BCUT2D eigenvalue weighted by Gasteiger charge is 2.30. The molecule has 25 heavy (non-hydrogen) atoms. The Morgan fingerprint density at radius 1 is 1.16 bits per heavy atom. The van der Waals surface area contributed by atoms with Gasteiger partial charge in [-0.05, 0) is 6.42 Å². The molecule has 1 unspecified atom stereocenters. The Morgan fingerprint density at radius 3 is 2.76 bits per heavy atom. The quantitative estimate of drug-likeness (QED) is 0.875. The molecule has 1 atom stereocenters. The second kappa shape index (κ2) is 7.33. The van der Waals surface area contributed by atoms with Crippen molar-refractivity contribution >= 4 is 5.91 Å².